The van der Waals surface area contributed by atoms with E-state index in [1.807, 2.05) is 80.9 Å². The summed E-state index contributed by atoms with van der Waals surface area (Å²) in [4.78, 5) is 65.0. The molecular weight excluding hydrogens is 663 g/mol. The van der Waals surface area contributed by atoms with E-state index in [0.717, 1.165) is 38.5 Å². The summed E-state index contributed by atoms with van der Waals surface area (Å²) in [6.07, 6.45) is 8.58. The van der Waals surface area contributed by atoms with Crippen LogP contribution < -0.4 is 4.57 Å². The van der Waals surface area contributed by atoms with Crippen LogP contribution in [0.25, 0.3) is 0 Å². The van der Waals surface area contributed by atoms with Gasteiger partial charge in [0.1, 0.15) is 19.1 Å². The van der Waals surface area contributed by atoms with Crippen molar-refractivity contribution in [2.24, 2.45) is 18.9 Å². The zero-order valence-electron chi connectivity index (χ0n) is 32.6. The predicted octanol–water partition coefficient (Wildman–Crippen LogP) is 5.96. The number of rotatable bonds is 16. The summed E-state index contributed by atoms with van der Waals surface area (Å²) >= 11 is 0. The van der Waals surface area contributed by atoms with Gasteiger partial charge in [-0.2, -0.15) is 4.57 Å². The maximum absolute atomic E-state index is 14.8. The highest BCUT2D eigenvalue weighted by atomic mass is 16.2. The fourth-order valence-corrected chi connectivity index (χ4v) is 7.96. The monoisotopic (exact) mass is 722 g/mol. The molecule has 0 unspecified atom stereocenters. The Morgan fingerprint density at radius 1 is 0.623 bits per heavy atom. The molecule has 2 aliphatic rings. The minimum atomic E-state index is -0.631. The molecule has 9 heteroatoms. The van der Waals surface area contributed by atoms with Crippen molar-refractivity contribution in [3.63, 3.8) is 0 Å². The summed E-state index contributed by atoms with van der Waals surface area (Å²) in [6.45, 7) is 11.7. The minimum absolute atomic E-state index is 0.00635. The van der Waals surface area contributed by atoms with Crippen LogP contribution in [-0.4, -0.2) is 94.6 Å². The Kier molecular flexibility index (Phi) is 14.2. The van der Waals surface area contributed by atoms with Crippen LogP contribution in [0.2, 0.25) is 0 Å². The molecule has 0 N–H and O–H groups in total. The van der Waals surface area contributed by atoms with Gasteiger partial charge >= 0.3 is 5.91 Å². The summed E-state index contributed by atoms with van der Waals surface area (Å²) in [7, 11) is 1.81. The highest BCUT2D eigenvalue weighted by Crippen LogP contribution is 2.24. The van der Waals surface area contributed by atoms with Gasteiger partial charge < -0.3 is 19.6 Å². The predicted molar refractivity (Wildman–Crippen MR) is 208 cm³/mol. The van der Waals surface area contributed by atoms with Crippen molar-refractivity contribution in [3.8, 4) is 0 Å². The number of amides is 4. The molecule has 0 radical (unpaired) electrons. The largest absolute Gasteiger partial charge is 0.341 e. The second kappa shape index (κ2) is 19.0. The van der Waals surface area contributed by atoms with Crippen LogP contribution in [0.5, 0.6) is 0 Å². The van der Waals surface area contributed by atoms with Gasteiger partial charge in [-0.25, -0.2) is 0 Å². The Morgan fingerprint density at radius 2 is 1.04 bits per heavy atom. The Morgan fingerprint density at radius 3 is 1.45 bits per heavy atom. The van der Waals surface area contributed by atoms with E-state index in [2.05, 4.69) is 24.3 Å². The highest BCUT2D eigenvalue weighted by Gasteiger charge is 2.40. The number of carbonyl (C=O) groups excluding carboxylic acids is 4. The summed E-state index contributed by atoms with van der Waals surface area (Å²) in [5.41, 5.74) is 3.07. The number of hydrogen-bond acceptors (Lipinski definition) is 4. The van der Waals surface area contributed by atoms with Crippen molar-refractivity contribution in [2.75, 3.05) is 39.3 Å². The molecule has 2 fully saturated rings. The quantitative estimate of drug-likeness (QED) is 0.171. The van der Waals surface area contributed by atoms with Gasteiger partial charge in [0.05, 0.1) is 5.56 Å². The van der Waals surface area contributed by atoms with E-state index in [1.165, 1.54) is 11.1 Å². The Hall–Kier alpha value is -4.53. The normalized spacial score (nSPS) is 15.5. The molecule has 1 aromatic heterocycles. The first kappa shape index (κ1) is 39.7. The standard InChI is InChI=1S/C44H60N5O4/c1-33(2)39(43(52)46-25-12-13-26-46)48(29-16-22-35-18-8-6-9-19-35)41(50)37-24-31-45(5)38(32-37)42(51)49(30-17-23-36-20-10-7-11-21-36)40(34(3)4)44(53)47-27-14-15-28-47/h6-11,18-21,24,31-34,39-40H,12-17,22-23,25-30H2,1-5H3/q+1/t39-,40-/m0/s1. The average molecular weight is 723 g/mol. The highest BCUT2D eigenvalue weighted by molar-refractivity contribution is 6.01. The Bertz CT molecular complexity index is 1670. The van der Waals surface area contributed by atoms with Gasteiger partial charge in [-0.3, -0.25) is 19.2 Å². The molecule has 2 aliphatic heterocycles. The number of aromatic nitrogens is 1. The lowest BCUT2D eigenvalue weighted by Gasteiger charge is -2.36. The van der Waals surface area contributed by atoms with Crippen molar-refractivity contribution < 1.29 is 23.7 Å². The summed E-state index contributed by atoms with van der Waals surface area (Å²) in [5.74, 6) is -0.761. The molecule has 5 rings (SSSR count). The van der Waals surface area contributed by atoms with Crippen LogP contribution in [0.3, 0.4) is 0 Å². The SMILES string of the molecule is CC(C)[C@@H](C(=O)N1CCCC1)N(CCCc1ccccc1)C(=O)c1cc[n+](C)c(C(=O)N(CCCc2ccccc2)[C@H](C(=O)N2CCCC2)C(C)C)c1. The average Bonchev–Trinajstić information content (AvgIpc) is 3.90. The second-order valence-corrected chi connectivity index (χ2v) is 15.5. The Balaban J connectivity index is 1.47. The summed E-state index contributed by atoms with van der Waals surface area (Å²) < 4.78 is 1.75. The zero-order valence-corrected chi connectivity index (χ0v) is 32.6. The Labute approximate surface area is 317 Å². The van der Waals surface area contributed by atoms with Crippen molar-refractivity contribution >= 4 is 23.6 Å². The molecule has 3 heterocycles. The van der Waals surface area contributed by atoms with Gasteiger partial charge in [0.25, 0.3) is 11.6 Å². The third-order valence-electron chi connectivity index (χ3n) is 10.8. The molecule has 2 saturated heterocycles. The molecule has 53 heavy (non-hydrogen) atoms. The lowest BCUT2D eigenvalue weighted by atomic mass is 9.98. The van der Waals surface area contributed by atoms with E-state index in [1.54, 1.807) is 32.7 Å². The molecule has 2 aromatic carbocycles. The van der Waals surface area contributed by atoms with E-state index in [4.69, 9.17) is 0 Å². The number of pyridine rings is 1. The zero-order chi connectivity index (χ0) is 37.9. The molecule has 3 aromatic rings. The molecule has 0 saturated carbocycles. The van der Waals surface area contributed by atoms with Crippen molar-refractivity contribution in [1.82, 2.24) is 19.6 Å². The molecule has 284 valence electrons. The van der Waals surface area contributed by atoms with Gasteiger partial charge in [0.2, 0.25) is 11.8 Å². The van der Waals surface area contributed by atoms with Gasteiger partial charge in [0.15, 0.2) is 6.20 Å². The smallest absolute Gasteiger partial charge is 0.319 e. The van der Waals surface area contributed by atoms with Gasteiger partial charge in [-0.1, -0.05) is 88.4 Å². The van der Waals surface area contributed by atoms with Crippen LogP contribution in [0.4, 0.5) is 0 Å². The van der Waals surface area contributed by atoms with Crippen LogP contribution in [0.15, 0.2) is 79.0 Å². The summed E-state index contributed by atoms with van der Waals surface area (Å²) in [6, 6.07) is 22.6. The molecule has 0 spiro atoms. The molecule has 2 atom stereocenters. The first-order chi connectivity index (χ1) is 25.6. The van der Waals surface area contributed by atoms with E-state index >= 15 is 0 Å². The summed E-state index contributed by atoms with van der Waals surface area (Å²) in [5, 5.41) is 0. The fourth-order valence-electron chi connectivity index (χ4n) is 7.96. The number of aryl methyl sites for hydroxylation is 3. The number of hydrogen-bond donors (Lipinski definition) is 0. The number of likely N-dealkylation sites (tertiary alicyclic amines) is 2. The van der Waals surface area contributed by atoms with E-state index < -0.39 is 12.1 Å². The van der Waals surface area contributed by atoms with E-state index in [-0.39, 0.29) is 35.5 Å². The first-order valence-corrected chi connectivity index (χ1v) is 19.8. The molecule has 0 aliphatic carbocycles. The third kappa shape index (κ3) is 10.1. The first-order valence-electron chi connectivity index (χ1n) is 19.8. The maximum Gasteiger partial charge on any atom is 0.319 e. The van der Waals surface area contributed by atoms with E-state index in [0.29, 0.717) is 63.4 Å². The second-order valence-electron chi connectivity index (χ2n) is 15.5. The lowest BCUT2D eigenvalue weighted by molar-refractivity contribution is -0.673. The van der Waals surface area contributed by atoms with Crippen molar-refractivity contribution in [3.05, 3.63) is 101 Å². The molecular formula is C44H60N5O4+. The van der Waals surface area contributed by atoms with Gasteiger partial charge in [0, 0.05) is 51.4 Å². The van der Waals surface area contributed by atoms with Crippen molar-refractivity contribution in [1.29, 1.82) is 0 Å². The van der Waals surface area contributed by atoms with Crippen molar-refractivity contribution in [2.45, 2.75) is 91.1 Å². The van der Waals surface area contributed by atoms with Crippen LogP contribution >= 0.6 is 0 Å². The fraction of sp³-hybridized carbons (Fsp3) is 0.523. The lowest BCUT2D eigenvalue weighted by Crippen LogP contribution is -2.55. The van der Waals surface area contributed by atoms with Gasteiger partial charge in [-0.15, -0.1) is 0 Å². The van der Waals surface area contributed by atoms with E-state index in [9.17, 15) is 19.2 Å². The maximum atomic E-state index is 14.8. The number of benzene rings is 2. The molecule has 4 amide bonds. The van der Waals surface area contributed by atoms with Crippen LogP contribution in [-0.2, 0) is 29.5 Å². The van der Waals surface area contributed by atoms with Gasteiger partial charge in [-0.05, 0) is 74.3 Å². The van der Waals surface area contributed by atoms with Crippen LogP contribution in [0, 0.1) is 11.8 Å². The topological polar surface area (TPSA) is 85.1 Å². The van der Waals surface area contributed by atoms with Crippen LogP contribution in [0.1, 0.15) is 98.2 Å². The molecule has 9 nitrogen and oxygen atoms in total. The number of carbonyl (C=O) groups is 4. The number of nitrogens with zero attached hydrogens (tertiary/aromatic N) is 5. The molecule has 0 bridgehead atoms. The minimum Gasteiger partial charge on any atom is -0.341 e. The third-order valence-corrected chi connectivity index (χ3v) is 10.8.